The van der Waals surface area contributed by atoms with Crippen molar-refractivity contribution in [3.05, 3.63) is 34.6 Å². The van der Waals surface area contributed by atoms with Gasteiger partial charge in [-0.25, -0.2) is 4.39 Å². The van der Waals surface area contributed by atoms with Crippen LogP contribution in [0.4, 0.5) is 4.39 Å². The van der Waals surface area contributed by atoms with Gasteiger partial charge < -0.3 is 10.4 Å². The second-order valence-electron chi connectivity index (χ2n) is 4.23. The van der Waals surface area contributed by atoms with Crippen molar-refractivity contribution in [2.75, 3.05) is 6.54 Å². The van der Waals surface area contributed by atoms with Gasteiger partial charge in [-0.15, -0.1) is 0 Å². The summed E-state index contributed by atoms with van der Waals surface area (Å²) in [6.07, 6.45) is 0.671. The van der Waals surface area contributed by atoms with E-state index in [1.165, 1.54) is 12.1 Å². The molecule has 0 radical (unpaired) electrons. The third kappa shape index (κ3) is 4.47. The fraction of sp³-hybridized carbons (Fsp3) is 0.500. The summed E-state index contributed by atoms with van der Waals surface area (Å²) in [7, 11) is 0. The van der Waals surface area contributed by atoms with Crippen LogP contribution in [0.1, 0.15) is 25.8 Å². The standard InChI is InChI=1S/C12H17ClFNO/c1-3-12(2,16)8-15-7-9-4-10(13)6-11(14)5-9/h4-6,15-16H,3,7-8H2,1-2H3. The van der Waals surface area contributed by atoms with Gasteiger partial charge in [0.15, 0.2) is 0 Å². The number of hydrogen-bond donors (Lipinski definition) is 2. The van der Waals surface area contributed by atoms with E-state index in [0.29, 0.717) is 24.5 Å². The maximum atomic E-state index is 13.0. The lowest BCUT2D eigenvalue weighted by atomic mass is 10.0. The number of rotatable bonds is 5. The Morgan fingerprint density at radius 3 is 2.69 bits per heavy atom. The van der Waals surface area contributed by atoms with Crippen molar-refractivity contribution in [1.29, 1.82) is 0 Å². The summed E-state index contributed by atoms with van der Waals surface area (Å²) in [5.74, 6) is -0.341. The van der Waals surface area contributed by atoms with Crippen molar-refractivity contribution in [3.63, 3.8) is 0 Å². The molecular weight excluding hydrogens is 229 g/mol. The van der Waals surface area contributed by atoms with Crippen molar-refractivity contribution >= 4 is 11.6 Å². The van der Waals surface area contributed by atoms with E-state index in [9.17, 15) is 9.50 Å². The van der Waals surface area contributed by atoms with Crippen LogP contribution in [0.2, 0.25) is 5.02 Å². The first kappa shape index (κ1) is 13.4. The topological polar surface area (TPSA) is 32.3 Å². The van der Waals surface area contributed by atoms with Crippen LogP contribution in [0.5, 0.6) is 0 Å². The van der Waals surface area contributed by atoms with Gasteiger partial charge in [0.05, 0.1) is 5.60 Å². The molecule has 16 heavy (non-hydrogen) atoms. The fourth-order valence-electron chi connectivity index (χ4n) is 1.31. The molecule has 2 nitrogen and oxygen atoms in total. The molecule has 0 aliphatic heterocycles. The molecule has 0 amide bonds. The lowest BCUT2D eigenvalue weighted by Gasteiger charge is -2.21. The van der Waals surface area contributed by atoms with Crippen molar-refractivity contribution in [2.24, 2.45) is 0 Å². The molecule has 0 spiro atoms. The smallest absolute Gasteiger partial charge is 0.125 e. The molecule has 0 heterocycles. The molecule has 0 saturated carbocycles. The fourth-order valence-corrected chi connectivity index (χ4v) is 1.56. The van der Waals surface area contributed by atoms with E-state index in [1.54, 1.807) is 13.0 Å². The third-order valence-electron chi connectivity index (χ3n) is 2.52. The van der Waals surface area contributed by atoms with E-state index in [1.807, 2.05) is 6.92 Å². The number of benzene rings is 1. The predicted octanol–water partition coefficient (Wildman–Crippen LogP) is 2.73. The molecule has 2 N–H and O–H groups in total. The number of halogens is 2. The van der Waals surface area contributed by atoms with Gasteiger partial charge in [0.2, 0.25) is 0 Å². The molecule has 0 aliphatic rings. The summed E-state index contributed by atoms with van der Waals surface area (Å²) in [6, 6.07) is 4.41. The van der Waals surface area contributed by atoms with Gasteiger partial charge >= 0.3 is 0 Å². The molecule has 1 atom stereocenters. The van der Waals surface area contributed by atoms with E-state index in [2.05, 4.69) is 5.32 Å². The van der Waals surface area contributed by atoms with Crippen molar-refractivity contribution in [2.45, 2.75) is 32.4 Å². The minimum absolute atomic E-state index is 0.341. The highest BCUT2D eigenvalue weighted by Gasteiger charge is 2.16. The monoisotopic (exact) mass is 245 g/mol. The van der Waals surface area contributed by atoms with E-state index < -0.39 is 5.60 Å². The Hall–Kier alpha value is -0.640. The van der Waals surface area contributed by atoms with Crippen LogP contribution in [0.25, 0.3) is 0 Å². The van der Waals surface area contributed by atoms with Gasteiger partial charge in [0.25, 0.3) is 0 Å². The Bertz CT molecular complexity index is 335. The Balaban J connectivity index is 2.49. The first-order valence-electron chi connectivity index (χ1n) is 5.31. The molecule has 90 valence electrons. The highest BCUT2D eigenvalue weighted by Crippen LogP contribution is 2.14. The zero-order valence-corrected chi connectivity index (χ0v) is 10.3. The summed E-state index contributed by atoms with van der Waals surface area (Å²) in [4.78, 5) is 0. The maximum absolute atomic E-state index is 13.0. The summed E-state index contributed by atoms with van der Waals surface area (Å²) in [5.41, 5.74) is 0.0498. The number of nitrogens with one attached hydrogen (secondary N) is 1. The summed E-state index contributed by atoms with van der Waals surface area (Å²) in [6.45, 7) is 4.64. The normalized spacial score (nSPS) is 14.8. The van der Waals surface area contributed by atoms with Gasteiger partial charge in [0, 0.05) is 18.1 Å². The Morgan fingerprint density at radius 2 is 2.12 bits per heavy atom. The average molecular weight is 246 g/mol. The summed E-state index contributed by atoms with van der Waals surface area (Å²) in [5, 5.41) is 13.2. The zero-order chi connectivity index (χ0) is 12.2. The lowest BCUT2D eigenvalue weighted by Crippen LogP contribution is -2.36. The van der Waals surface area contributed by atoms with Gasteiger partial charge in [-0.2, -0.15) is 0 Å². The average Bonchev–Trinajstić information content (AvgIpc) is 2.16. The molecule has 4 heteroatoms. The molecular formula is C12H17ClFNO. The van der Waals surface area contributed by atoms with Gasteiger partial charge in [-0.05, 0) is 37.1 Å². The largest absolute Gasteiger partial charge is 0.389 e. The van der Waals surface area contributed by atoms with Gasteiger partial charge in [-0.3, -0.25) is 0 Å². The van der Waals surface area contributed by atoms with Crippen LogP contribution in [0.15, 0.2) is 18.2 Å². The van der Waals surface area contributed by atoms with Crippen molar-refractivity contribution in [1.82, 2.24) is 5.32 Å². The first-order valence-corrected chi connectivity index (χ1v) is 5.69. The number of hydrogen-bond acceptors (Lipinski definition) is 2. The van der Waals surface area contributed by atoms with E-state index in [0.717, 1.165) is 5.56 Å². The van der Waals surface area contributed by atoms with Crippen LogP contribution in [0.3, 0.4) is 0 Å². The van der Waals surface area contributed by atoms with Crippen LogP contribution in [0, 0.1) is 5.82 Å². The van der Waals surface area contributed by atoms with Crippen molar-refractivity contribution in [3.8, 4) is 0 Å². The second-order valence-corrected chi connectivity index (χ2v) is 4.67. The van der Waals surface area contributed by atoms with Crippen LogP contribution < -0.4 is 5.32 Å². The molecule has 1 aromatic carbocycles. The molecule has 0 aliphatic carbocycles. The minimum Gasteiger partial charge on any atom is -0.389 e. The Kier molecular flexibility index (Phi) is 4.71. The van der Waals surface area contributed by atoms with E-state index >= 15 is 0 Å². The van der Waals surface area contributed by atoms with Gasteiger partial charge in [0.1, 0.15) is 5.82 Å². The van der Waals surface area contributed by atoms with E-state index in [-0.39, 0.29) is 5.82 Å². The predicted molar refractivity (Wildman–Crippen MR) is 64.0 cm³/mol. The highest BCUT2D eigenvalue weighted by atomic mass is 35.5. The molecule has 1 unspecified atom stereocenters. The quantitative estimate of drug-likeness (QED) is 0.836. The van der Waals surface area contributed by atoms with Crippen LogP contribution in [-0.4, -0.2) is 17.3 Å². The van der Waals surface area contributed by atoms with Crippen molar-refractivity contribution < 1.29 is 9.50 Å². The first-order chi connectivity index (χ1) is 7.43. The number of aliphatic hydroxyl groups is 1. The van der Waals surface area contributed by atoms with Crippen LogP contribution >= 0.6 is 11.6 Å². The maximum Gasteiger partial charge on any atom is 0.125 e. The molecule has 0 bridgehead atoms. The van der Waals surface area contributed by atoms with E-state index in [4.69, 9.17) is 11.6 Å². The molecule has 0 saturated heterocycles. The SMILES string of the molecule is CCC(C)(O)CNCc1cc(F)cc(Cl)c1. The molecule has 0 fully saturated rings. The van der Waals surface area contributed by atoms with Gasteiger partial charge in [-0.1, -0.05) is 18.5 Å². The lowest BCUT2D eigenvalue weighted by molar-refractivity contribution is 0.0555. The molecule has 1 rings (SSSR count). The van der Waals surface area contributed by atoms with Crippen LogP contribution in [-0.2, 0) is 6.54 Å². The second kappa shape index (κ2) is 5.62. The minimum atomic E-state index is -0.725. The highest BCUT2D eigenvalue weighted by molar-refractivity contribution is 6.30. The Morgan fingerprint density at radius 1 is 1.44 bits per heavy atom. The molecule has 1 aromatic rings. The summed E-state index contributed by atoms with van der Waals surface area (Å²) >= 11 is 5.73. The third-order valence-corrected chi connectivity index (χ3v) is 2.74. The molecule has 0 aromatic heterocycles. The summed E-state index contributed by atoms with van der Waals surface area (Å²) < 4.78 is 13.0. The Labute approximate surface area is 100 Å². The zero-order valence-electron chi connectivity index (χ0n) is 9.56.